The van der Waals surface area contributed by atoms with Crippen LogP contribution in [-0.4, -0.2) is 16.7 Å². The Labute approximate surface area is 93.6 Å². The lowest BCUT2D eigenvalue weighted by molar-refractivity contribution is 0.291. The smallest absolute Gasteiger partial charge is 0.234 e. The predicted octanol–water partition coefficient (Wildman–Crippen LogP) is 1.96. The Morgan fingerprint density at radius 2 is 2.31 bits per heavy atom. The lowest BCUT2D eigenvalue weighted by Crippen LogP contribution is -2.31. The summed E-state index contributed by atoms with van der Waals surface area (Å²) in [5.41, 5.74) is 6.29. The largest absolute Gasteiger partial charge is 0.472 e. The second-order valence-electron chi connectivity index (χ2n) is 4.05. The average Bonchev–Trinajstić information content (AvgIpc) is 2.97. The van der Waals surface area contributed by atoms with Gasteiger partial charge >= 0.3 is 0 Å². The maximum absolute atomic E-state index is 5.73. The van der Waals surface area contributed by atoms with Gasteiger partial charge in [-0.25, -0.2) is 0 Å². The molecule has 0 aliphatic rings. The van der Waals surface area contributed by atoms with Gasteiger partial charge in [0, 0.05) is 6.54 Å². The first-order chi connectivity index (χ1) is 7.69. The summed E-state index contributed by atoms with van der Waals surface area (Å²) in [5, 5.41) is 3.92. The van der Waals surface area contributed by atoms with Crippen molar-refractivity contribution >= 4 is 0 Å². The van der Waals surface area contributed by atoms with Crippen LogP contribution in [0.5, 0.6) is 0 Å². The number of nitrogens with zero attached hydrogens (tertiary/aromatic N) is 2. The summed E-state index contributed by atoms with van der Waals surface area (Å²) in [6.07, 6.45) is 4.02. The summed E-state index contributed by atoms with van der Waals surface area (Å²) in [4.78, 5) is 4.35. The van der Waals surface area contributed by atoms with Crippen LogP contribution in [0.4, 0.5) is 0 Å². The van der Waals surface area contributed by atoms with Gasteiger partial charge in [-0.15, -0.1) is 0 Å². The van der Waals surface area contributed by atoms with Gasteiger partial charge in [0.25, 0.3) is 0 Å². The van der Waals surface area contributed by atoms with E-state index in [4.69, 9.17) is 14.7 Å². The van der Waals surface area contributed by atoms with E-state index < -0.39 is 0 Å². The van der Waals surface area contributed by atoms with Gasteiger partial charge in [0.1, 0.15) is 6.26 Å². The molecule has 0 aliphatic heterocycles. The number of aromatic nitrogens is 2. The number of rotatable bonds is 4. The van der Waals surface area contributed by atoms with E-state index in [1.54, 1.807) is 18.6 Å². The summed E-state index contributed by atoms with van der Waals surface area (Å²) < 4.78 is 10.2. The third-order valence-electron chi connectivity index (χ3n) is 2.95. The van der Waals surface area contributed by atoms with Crippen molar-refractivity contribution in [1.82, 2.24) is 10.1 Å². The summed E-state index contributed by atoms with van der Waals surface area (Å²) in [7, 11) is 0. The molecule has 86 valence electrons. The van der Waals surface area contributed by atoms with Gasteiger partial charge in [0.15, 0.2) is 0 Å². The summed E-state index contributed by atoms with van der Waals surface area (Å²) in [6, 6.07) is 1.79. The van der Waals surface area contributed by atoms with Crippen LogP contribution in [0.2, 0.25) is 0 Å². The van der Waals surface area contributed by atoms with Crippen molar-refractivity contribution in [3.8, 4) is 11.4 Å². The topological polar surface area (TPSA) is 78.1 Å². The van der Waals surface area contributed by atoms with Crippen molar-refractivity contribution in [3.63, 3.8) is 0 Å². The molecule has 5 nitrogen and oxygen atoms in total. The minimum atomic E-state index is -0.255. The van der Waals surface area contributed by atoms with Gasteiger partial charge in [-0.3, -0.25) is 0 Å². The molecular formula is C11H15N3O2. The first kappa shape index (κ1) is 10.9. The van der Waals surface area contributed by atoms with Crippen LogP contribution in [-0.2, 0) is 5.41 Å². The molecule has 1 unspecified atom stereocenters. The van der Waals surface area contributed by atoms with Gasteiger partial charge in [-0.05, 0) is 19.4 Å². The summed E-state index contributed by atoms with van der Waals surface area (Å²) >= 11 is 0. The van der Waals surface area contributed by atoms with Gasteiger partial charge < -0.3 is 14.7 Å². The number of nitrogens with two attached hydrogens (primary N) is 1. The lowest BCUT2D eigenvalue weighted by atomic mass is 9.88. The molecular weight excluding hydrogens is 206 g/mol. The fourth-order valence-electron chi connectivity index (χ4n) is 1.36. The van der Waals surface area contributed by atoms with Crippen molar-refractivity contribution in [3.05, 3.63) is 24.5 Å². The Kier molecular flexibility index (Phi) is 2.78. The van der Waals surface area contributed by atoms with E-state index in [0.717, 1.165) is 12.0 Å². The average molecular weight is 221 g/mol. The van der Waals surface area contributed by atoms with Crippen molar-refractivity contribution in [2.75, 3.05) is 6.54 Å². The van der Waals surface area contributed by atoms with E-state index in [2.05, 4.69) is 17.1 Å². The van der Waals surface area contributed by atoms with Crippen LogP contribution in [0.25, 0.3) is 11.4 Å². The zero-order chi connectivity index (χ0) is 11.6. The Morgan fingerprint density at radius 3 is 2.88 bits per heavy atom. The molecule has 2 aromatic rings. The molecule has 2 rings (SSSR count). The molecule has 0 amide bonds. The molecule has 2 heterocycles. The Bertz CT molecular complexity index is 444. The first-order valence-electron chi connectivity index (χ1n) is 5.26. The monoisotopic (exact) mass is 221 g/mol. The number of furan rings is 1. The molecule has 2 N–H and O–H groups in total. The van der Waals surface area contributed by atoms with E-state index in [-0.39, 0.29) is 5.41 Å². The van der Waals surface area contributed by atoms with E-state index in [1.807, 2.05) is 6.92 Å². The van der Waals surface area contributed by atoms with Crippen LogP contribution < -0.4 is 5.73 Å². The standard InChI is InChI=1S/C11H15N3O2/c1-3-11(2,7-12)10-13-9(14-16-10)8-4-5-15-6-8/h4-6H,3,7,12H2,1-2H3. The molecule has 0 fully saturated rings. The minimum Gasteiger partial charge on any atom is -0.472 e. The molecule has 5 heteroatoms. The zero-order valence-corrected chi connectivity index (χ0v) is 9.43. The van der Waals surface area contributed by atoms with Crippen LogP contribution in [0.1, 0.15) is 26.2 Å². The van der Waals surface area contributed by atoms with Crippen LogP contribution in [0.3, 0.4) is 0 Å². The minimum absolute atomic E-state index is 0.255. The molecule has 0 aliphatic carbocycles. The normalized spacial score (nSPS) is 14.9. The second-order valence-corrected chi connectivity index (χ2v) is 4.05. The van der Waals surface area contributed by atoms with Crippen LogP contribution >= 0.6 is 0 Å². The van der Waals surface area contributed by atoms with Crippen molar-refractivity contribution in [2.24, 2.45) is 5.73 Å². The predicted molar refractivity (Wildman–Crippen MR) is 58.7 cm³/mol. The zero-order valence-electron chi connectivity index (χ0n) is 9.43. The van der Waals surface area contributed by atoms with Gasteiger partial charge in [0.05, 0.1) is 17.2 Å². The Morgan fingerprint density at radius 1 is 1.50 bits per heavy atom. The molecule has 0 radical (unpaired) electrons. The van der Waals surface area contributed by atoms with Crippen molar-refractivity contribution < 1.29 is 8.94 Å². The maximum atomic E-state index is 5.73. The summed E-state index contributed by atoms with van der Waals surface area (Å²) in [6.45, 7) is 4.55. The first-order valence-corrected chi connectivity index (χ1v) is 5.26. The molecule has 0 spiro atoms. The number of hydrogen-bond acceptors (Lipinski definition) is 5. The van der Waals surface area contributed by atoms with E-state index in [0.29, 0.717) is 18.3 Å². The highest BCUT2D eigenvalue weighted by Crippen LogP contribution is 2.26. The van der Waals surface area contributed by atoms with Gasteiger partial charge in [-0.1, -0.05) is 12.1 Å². The Hall–Kier alpha value is -1.62. The van der Waals surface area contributed by atoms with Crippen LogP contribution in [0.15, 0.2) is 27.5 Å². The SMILES string of the molecule is CCC(C)(CN)c1nc(-c2ccoc2)no1. The number of hydrogen-bond donors (Lipinski definition) is 1. The molecule has 1 atom stereocenters. The highest BCUT2D eigenvalue weighted by atomic mass is 16.5. The van der Waals surface area contributed by atoms with E-state index in [1.165, 1.54) is 0 Å². The van der Waals surface area contributed by atoms with Crippen molar-refractivity contribution in [1.29, 1.82) is 0 Å². The maximum Gasteiger partial charge on any atom is 0.234 e. The second kappa shape index (κ2) is 4.09. The fraction of sp³-hybridized carbons (Fsp3) is 0.455. The van der Waals surface area contributed by atoms with Gasteiger partial charge in [-0.2, -0.15) is 4.98 Å². The fourth-order valence-corrected chi connectivity index (χ4v) is 1.36. The molecule has 16 heavy (non-hydrogen) atoms. The molecule has 0 bridgehead atoms. The third kappa shape index (κ3) is 1.74. The summed E-state index contributed by atoms with van der Waals surface area (Å²) in [5.74, 6) is 1.12. The van der Waals surface area contributed by atoms with E-state index >= 15 is 0 Å². The Balaban J connectivity index is 2.33. The van der Waals surface area contributed by atoms with E-state index in [9.17, 15) is 0 Å². The lowest BCUT2D eigenvalue weighted by Gasteiger charge is -2.20. The van der Waals surface area contributed by atoms with Gasteiger partial charge in [0.2, 0.25) is 11.7 Å². The molecule has 0 aromatic carbocycles. The third-order valence-corrected chi connectivity index (χ3v) is 2.95. The molecule has 0 saturated carbocycles. The molecule has 0 saturated heterocycles. The highest BCUT2D eigenvalue weighted by Gasteiger charge is 2.29. The van der Waals surface area contributed by atoms with Crippen molar-refractivity contribution in [2.45, 2.75) is 25.7 Å². The quantitative estimate of drug-likeness (QED) is 0.853. The highest BCUT2D eigenvalue weighted by molar-refractivity contribution is 5.51. The van der Waals surface area contributed by atoms with Crippen LogP contribution in [0, 0.1) is 0 Å². The molecule has 2 aromatic heterocycles.